The fourth-order valence-corrected chi connectivity index (χ4v) is 2.48. The Kier molecular flexibility index (Phi) is 3.17. The van der Waals surface area contributed by atoms with E-state index in [1.54, 1.807) is 11.8 Å². The number of hydrogen-bond donors (Lipinski definition) is 0. The molecule has 78 valence electrons. The number of para-hydroxylation sites is 2. The molecule has 2 rings (SSSR count). The molecule has 1 aromatic heterocycles. The third-order valence-electron chi connectivity index (χ3n) is 2.10. The zero-order valence-electron chi connectivity index (χ0n) is 8.40. The first kappa shape index (κ1) is 10.8. The first-order valence-electron chi connectivity index (χ1n) is 4.56. The van der Waals surface area contributed by atoms with Crippen LogP contribution in [0.1, 0.15) is 0 Å². The van der Waals surface area contributed by atoms with Gasteiger partial charge in [-0.05, 0) is 16.6 Å². The zero-order chi connectivity index (χ0) is 10.8. The van der Waals surface area contributed by atoms with Crippen LogP contribution in [0.25, 0.3) is 11.0 Å². The average Bonchev–Trinajstić information content (AvgIpc) is 2.54. The van der Waals surface area contributed by atoms with Gasteiger partial charge in [-0.3, -0.25) is 0 Å². The van der Waals surface area contributed by atoms with Crippen molar-refractivity contribution >= 4 is 38.7 Å². The van der Waals surface area contributed by atoms with Crippen LogP contribution in [-0.4, -0.2) is 15.3 Å². The molecule has 1 heterocycles. The molecule has 2 nitrogen and oxygen atoms in total. The van der Waals surface area contributed by atoms with Crippen molar-refractivity contribution in [2.24, 2.45) is 7.05 Å². The van der Waals surface area contributed by atoms with E-state index >= 15 is 0 Å². The largest absolute Gasteiger partial charge is 0.322 e. The minimum Gasteiger partial charge on any atom is -0.322 e. The van der Waals surface area contributed by atoms with E-state index in [-0.39, 0.29) is 0 Å². The van der Waals surface area contributed by atoms with Crippen molar-refractivity contribution in [1.82, 2.24) is 9.55 Å². The van der Waals surface area contributed by atoms with Gasteiger partial charge in [-0.15, -0.1) is 0 Å². The fourth-order valence-electron chi connectivity index (χ4n) is 1.40. The van der Waals surface area contributed by atoms with Gasteiger partial charge in [-0.25, -0.2) is 4.98 Å². The van der Waals surface area contributed by atoms with E-state index in [0.717, 1.165) is 20.9 Å². The normalized spacial score (nSPS) is 10.8. The second kappa shape index (κ2) is 4.41. The number of imidazole rings is 1. The van der Waals surface area contributed by atoms with Gasteiger partial charge in [0, 0.05) is 12.8 Å². The number of thioether (sulfide) groups is 1. The maximum Gasteiger partial charge on any atom is 0.169 e. The molecule has 1 aromatic carbocycles. The molecular formula is C11H11BrN2S. The number of hydrogen-bond acceptors (Lipinski definition) is 2. The van der Waals surface area contributed by atoms with Gasteiger partial charge in [-0.2, -0.15) is 0 Å². The summed E-state index contributed by atoms with van der Waals surface area (Å²) < 4.78 is 3.09. The summed E-state index contributed by atoms with van der Waals surface area (Å²) in [4.78, 5) is 4.55. The fraction of sp³-hybridized carbons (Fsp3) is 0.182. The van der Waals surface area contributed by atoms with E-state index in [4.69, 9.17) is 0 Å². The molecule has 4 heteroatoms. The summed E-state index contributed by atoms with van der Waals surface area (Å²) in [5, 5.41) is 1.02. The van der Waals surface area contributed by atoms with Gasteiger partial charge in [0.1, 0.15) is 0 Å². The Morgan fingerprint density at radius 1 is 1.53 bits per heavy atom. The number of halogens is 1. The number of benzene rings is 1. The quantitative estimate of drug-likeness (QED) is 0.801. The van der Waals surface area contributed by atoms with Crippen LogP contribution in [0, 0.1) is 0 Å². The van der Waals surface area contributed by atoms with E-state index in [0.29, 0.717) is 0 Å². The van der Waals surface area contributed by atoms with Crippen molar-refractivity contribution in [2.45, 2.75) is 5.16 Å². The van der Waals surface area contributed by atoms with Crippen molar-refractivity contribution in [3.8, 4) is 0 Å². The average molecular weight is 283 g/mol. The molecule has 0 saturated carbocycles. The maximum absolute atomic E-state index is 4.55. The second-order valence-corrected chi connectivity index (χ2v) is 5.31. The van der Waals surface area contributed by atoms with Crippen molar-refractivity contribution < 1.29 is 0 Å². The van der Waals surface area contributed by atoms with Crippen LogP contribution in [0.15, 0.2) is 40.5 Å². The summed E-state index contributed by atoms with van der Waals surface area (Å²) >= 11 is 5.03. The van der Waals surface area contributed by atoms with Crippen molar-refractivity contribution in [1.29, 1.82) is 0 Å². The molecule has 0 aliphatic rings. The summed E-state index contributed by atoms with van der Waals surface area (Å²) in [6, 6.07) is 8.15. The highest BCUT2D eigenvalue weighted by atomic mass is 79.9. The Bertz CT molecular complexity index is 504. The molecule has 0 aliphatic carbocycles. The smallest absolute Gasteiger partial charge is 0.169 e. The van der Waals surface area contributed by atoms with Gasteiger partial charge in [0.15, 0.2) is 5.16 Å². The van der Waals surface area contributed by atoms with Crippen LogP contribution in [-0.2, 0) is 7.05 Å². The monoisotopic (exact) mass is 282 g/mol. The molecule has 0 saturated heterocycles. The van der Waals surface area contributed by atoms with E-state index in [9.17, 15) is 0 Å². The highest BCUT2D eigenvalue weighted by Gasteiger charge is 2.06. The molecule has 0 aliphatic heterocycles. The molecule has 0 bridgehead atoms. The van der Waals surface area contributed by atoms with Crippen LogP contribution < -0.4 is 0 Å². The first-order valence-corrected chi connectivity index (χ1v) is 6.34. The summed E-state index contributed by atoms with van der Waals surface area (Å²) in [6.07, 6.45) is 0. The number of nitrogens with zero attached hydrogens (tertiary/aromatic N) is 2. The predicted octanol–water partition coefficient (Wildman–Crippen LogP) is 3.57. The third kappa shape index (κ3) is 2.26. The van der Waals surface area contributed by atoms with Crippen molar-refractivity contribution in [3.63, 3.8) is 0 Å². The van der Waals surface area contributed by atoms with Crippen LogP contribution in [0.3, 0.4) is 0 Å². The molecule has 0 spiro atoms. The minimum absolute atomic E-state index is 0.844. The van der Waals surface area contributed by atoms with E-state index < -0.39 is 0 Å². The van der Waals surface area contributed by atoms with Crippen molar-refractivity contribution in [2.75, 3.05) is 5.75 Å². The molecule has 2 aromatic rings. The van der Waals surface area contributed by atoms with E-state index in [2.05, 4.69) is 38.1 Å². The Hall–Kier alpha value is -0.740. The zero-order valence-corrected chi connectivity index (χ0v) is 10.8. The summed E-state index contributed by atoms with van der Waals surface area (Å²) in [5.41, 5.74) is 2.21. The lowest BCUT2D eigenvalue weighted by Crippen LogP contribution is -1.91. The number of fused-ring (bicyclic) bond motifs is 1. The topological polar surface area (TPSA) is 17.8 Å². The molecule has 0 unspecified atom stereocenters. The Labute approximate surface area is 102 Å². The lowest BCUT2D eigenvalue weighted by molar-refractivity contribution is 0.816. The lowest BCUT2D eigenvalue weighted by atomic mass is 10.3. The molecule has 15 heavy (non-hydrogen) atoms. The second-order valence-electron chi connectivity index (χ2n) is 3.25. The lowest BCUT2D eigenvalue weighted by Gasteiger charge is -2.00. The van der Waals surface area contributed by atoms with Gasteiger partial charge in [-0.1, -0.05) is 46.4 Å². The van der Waals surface area contributed by atoms with Gasteiger partial charge >= 0.3 is 0 Å². The van der Waals surface area contributed by atoms with Gasteiger partial charge in [0.25, 0.3) is 0 Å². The highest BCUT2D eigenvalue weighted by molar-refractivity contribution is 9.11. The minimum atomic E-state index is 0.844. The van der Waals surface area contributed by atoms with Crippen LogP contribution in [0.4, 0.5) is 0 Å². The summed E-state index contributed by atoms with van der Waals surface area (Å²) in [7, 11) is 2.04. The standard InChI is InChI=1S/C11H11BrN2S/c1-8(12)7-15-11-13-9-5-3-4-6-10(9)14(11)2/h3-6H,1,7H2,2H3. The highest BCUT2D eigenvalue weighted by Crippen LogP contribution is 2.24. The SMILES string of the molecule is C=C(Br)CSc1nc2ccccc2n1C. The van der Waals surface area contributed by atoms with Crippen LogP contribution in [0.2, 0.25) is 0 Å². The summed E-state index contributed by atoms with van der Waals surface area (Å²) in [6.45, 7) is 3.81. The summed E-state index contributed by atoms with van der Waals surface area (Å²) in [5.74, 6) is 0.844. The molecule has 0 fully saturated rings. The van der Waals surface area contributed by atoms with Gasteiger partial charge in [0.2, 0.25) is 0 Å². The first-order chi connectivity index (χ1) is 7.18. The third-order valence-corrected chi connectivity index (χ3v) is 3.87. The number of rotatable bonds is 3. The number of aryl methyl sites for hydroxylation is 1. The molecule has 0 amide bonds. The van der Waals surface area contributed by atoms with Gasteiger partial charge in [0.05, 0.1) is 11.0 Å². The molecule has 0 atom stereocenters. The Balaban J connectivity index is 2.36. The molecule has 0 N–H and O–H groups in total. The maximum atomic E-state index is 4.55. The Morgan fingerprint density at radius 3 is 2.93 bits per heavy atom. The Morgan fingerprint density at radius 2 is 2.27 bits per heavy atom. The van der Waals surface area contributed by atoms with Crippen LogP contribution >= 0.6 is 27.7 Å². The van der Waals surface area contributed by atoms with Crippen LogP contribution in [0.5, 0.6) is 0 Å². The van der Waals surface area contributed by atoms with Crippen molar-refractivity contribution in [3.05, 3.63) is 35.3 Å². The molecular weight excluding hydrogens is 272 g/mol. The van der Waals surface area contributed by atoms with E-state index in [1.807, 2.05) is 25.2 Å². The number of aromatic nitrogens is 2. The van der Waals surface area contributed by atoms with E-state index in [1.165, 1.54) is 5.52 Å². The predicted molar refractivity (Wildman–Crippen MR) is 69.5 cm³/mol. The van der Waals surface area contributed by atoms with Gasteiger partial charge < -0.3 is 4.57 Å². The molecule has 0 radical (unpaired) electrons.